The van der Waals surface area contributed by atoms with Gasteiger partial charge in [0.1, 0.15) is 5.82 Å². The van der Waals surface area contributed by atoms with Crippen LogP contribution in [0.15, 0.2) is 48.7 Å². The second-order valence-corrected chi connectivity index (χ2v) is 6.38. The van der Waals surface area contributed by atoms with Crippen molar-refractivity contribution in [2.75, 3.05) is 37.6 Å². The Balaban J connectivity index is 1.52. The minimum absolute atomic E-state index is 0.0574. The summed E-state index contributed by atoms with van der Waals surface area (Å²) in [5.41, 5.74) is 2.48. The number of halogens is 1. The third-order valence-corrected chi connectivity index (χ3v) is 4.59. The lowest BCUT2D eigenvalue weighted by molar-refractivity contribution is 0.257. The number of anilines is 1. The van der Waals surface area contributed by atoms with Crippen LogP contribution < -0.4 is 4.90 Å². The molecule has 2 heterocycles. The standard InChI is InChI=1S/C18H22ClN3/c1-15-5-7-16(8-6-15)17(19)14-21-10-12-22(13-11-21)18-4-2-3-9-20-18/h2-9,17H,10-14H2,1H3. The molecule has 0 saturated carbocycles. The summed E-state index contributed by atoms with van der Waals surface area (Å²) in [4.78, 5) is 9.21. The Labute approximate surface area is 137 Å². The van der Waals surface area contributed by atoms with Crippen LogP contribution in [0, 0.1) is 6.92 Å². The van der Waals surface area contributed by atoms with Gasteiger partial charge < -0.3 is 4.90 Å². The minimum atomic E-state index is 0.0574. The maximum absolute atomic E-state index is 6.58. The maximum Gasteiger partial charge on any atom is 0.128 e. The van der Waals surface area contributed by atoms with Crippen molar-refractivity contribution in [1.82, 2.24) is 9.88 Å². The van der Waals surface area contributed by atoms with Crippen molar-refractivity contribution in [1.29, 1.82) is 0 Å². The molecular formula is C18H22ClN3. The minimum Gasteiger partial charge on any atom is -0.354 e. The Kier molecular flexibility index (Phi) is 4.96. The van der Waals surface area contributed by atoms with Crippen LogP contribution in [0.4, 0.5) is 5.82 Å². The zero-order valence-electron chi connectivity index (χ0n) is 13.0. The Morgan fingerprint density at radius 3 is 2.41 bits per heavy atom. The van der Waals surface area contributed by atoms with Gasteiger partial charge in [0.05, 0.1) is 5.38 Å². The number of rotatable bonds is 4. The fourth-order valence-corrected chi connectivity index (χ4v) is 3.15. The van der Waals surface area contributed by atoms with Crippen LogP contribution in [-0.4, -0.2) is 42.6 Å². The molecule has 1 aliphatic heterocycles. The average Bonchev–Trinajstić information content (AvgIpc) is 2.57. The third kappa shape index (κ3) is 3.79. The fourth-order valence-electron chi connectivity index (χ4n) is 2.81. The molecule has 2 aromatic rings. The van der Waals surface area contributed by atoms with Crippen molar-refractivity contribution in [2.45, 2.75) is 12.3 Å². The Morgan fingerprint density at radius 2 is 1.77 bits per heavy atom. The molecule has 3 rings (SSSR count). The molecule has 1 saturated heterocycles. The van der Waals surface area contributed by atoms with Crippen LogP contribution in [0.2, 0.25) is 0 Å². The summed E-state index contributed by atoms with van der Waals surface area (Å²) in [7, 11) is 0. The number of piperazine rings is 1. The molecule has 116 valence electrons. The topological polar surface area (TPSA) is 19.4 Å². The van der Waals surface area contributed by atoms with Gasteiger partial charge in [-0.2, -0.15) is 0 Å². The molecule has 0 radical (unpaired) electrons. The molecule has 0 N–H and O–H groups in total. The molecule has 0 spiro atoms. The lowest BCUT2D eigenvalue weighted by Crippen LogP contribution is -2.47. The van der Waals surface area contributed by atoms with Gasteiger partial charge in [-0.3, -0.25) is 4.90 Å². The van der Waals surface area contributed by atoms with E-state index in [0.29, 0.717) is 0 Å². The van der Waals surface area contributed by atoms with Crippen molar-refractivity contribution in [3.63, 3.8) is 0 Å². The van der Waals surface area contributed by atoms with Crippen LogP contribution in [0.5, 0.6) is 0 Å². The van der Waals surface area contributed by atoms with Crippen molar-refractivity contribution < 1.29 is 0 Å². The van der Waals surface area contributed by atoms with Crippen molar-refractivity contribution in [3.05, 3.63) is 59.8 Å². The van der Waals surface area contributed by atoms with E-state index in [4.69, 9.17) is 11.6 Å². The van der Waals surface area contributed by atoms with Gasteiger partial charge >= 0.3 is 0 Å². The second-order valence-electron chi connectivity index (χ2n) is 5.85. The first kappa shape index (κ1) is 15.3. The van der Waals surface area contributed by atoms with E-state index < -0.39 is 0 Å². The molecule has 0 amide bonds. The zero-order chi connectivity index (χ0) is 15.4. The summed E-state index contributed by atoms with van der Waals surface area (Å²) in [5.74, 6) is 1.07. The smallest absolute Gasteiger partial charge is 0.128 e. The van der Waals surface area contributed by atoms with E-state index in [1.165, 1.54) is 11.1 Å². The van der Waals surface area contributed by atoms with Gasteiger partial charge in [-0.15, -0.1) is 11.6 Å². The normalized spacial score (nSPS) is 17.5. The largest absolute Gasteiger partial charge is 0.354 e. The highest BCUT2D eigenvalue weighted by Crippen LogP contribution is 2.23. The Hall–Kier alpha value is -1.58. The number of aromatic nitrogens is 1. The fraction of sp³-hybridized carbons (Fsp3) is 0.389. The third-order valence-electron chi connectivity index (χ3n) is 4.20. The highest BCUT2D eigenvalue weighted by molar-refractivity contribution is 6.21. The van der Waals surface area contributed by atoms with Crippen LogP contribution in [0.25, 0.3) is 0 Å². The lowest BCUT2D eigenvalue weighted by Gasteiger charge is -2.36. The van der Waals surface area contributed by atoms with E-state index >= 15 is 0 Å². The maximum atomic E-state index is 6.58. The molecule has 1 aromatic heterocycles. The molecular weight excluding hydrogens is 294 g/mol. The van der Waals surface area contributed by atoms with Crippen LogP contribution >= 0.6 is 11.6 Å². The number of pyridine rings is 1. The molecule has 0 aliphatic carbocycles. The average molecular weight is 316 g/mol. The first-order valence-electron chi connectivity index (χ1n) is 7.81. The van der Waals surface area contributed by atoms with Crippen LogP contribution in [0.1, 0.15) is 16.5 Å². The molecule has 1 aromatic carbocycles. The van der Waals surface area contributed by atoms with E-state index in [1.54, 1.807) is 0 Å². The Morgan fingerprint density at radius 1 is 1.05 bits per heavy atom. The molecule has 4 heteroatoms. The van der Waals surface area contributed by atoms with Gasteiger partial charge in [0.25, 0.3) is 0 Å². The van der Waals surface area contributed by atoms with Gasteiger partial charge in [-0.25, -0.2) is 4.98 Å². The second kappa shape index (κ2) is 7.12. The summed E-state index contributed by atoms with van der Waals surface area (Å²) >= 11 is 6.58. The van der Waals surface area contributed by atoms with Crippen molar-refractivity contribution >= 4 is 17.4 Å². The van der Waals surface area contributed by atoms with E-state index in [9.17, 15) is 0 Å². The molecule has 1 fully saturated rings. The number of nitrogens with zero attached hydrogens (tertiary/aromatic N) is 3. The number of aryl methyl sites for hydroxylation is 1. The molecule has 1 atom stereocenters. The number of hydrogen-bond donors (Lipinski definition) is 0. The van der Waals surface area contributed by atoms with Crippen LogP contribution in [0.3, 0.4) is 0 Å². The van der Waals surface area contributed by atoms with Crippen molar-refractivity contribution in [2.24, 2.45) is 0 Å². The quantitative estimate of drug-likeness (QED) is 0.805. The molecule has 3 nitrogen and oxygen atoms in total. The van der Waals surface area contributed by atoms with Crippen molar-refractivity contribution in [3.8, 4) is 0 Å². The molecule has 1 aliphatic rings. The van der Waals surface area contributed by atoms with E-state index in [1.807, 2.05) is 18.3 Å². The summed E-state index contributed by atoms with van der Waals surface area (Å²) in [6, 6.07) is 14.6. The van der Waals surface area contributed by atoms with Gasteiger partial charge in [0.15, 0.2) is 0 Å². The summed E-state index contributed by atoms with van der Waals surface area (Å²) in [6.07, 6.45) is 1.86. The number of benzene rings is 1. The summed E-state index contributed by atoms with van der Waals surface area (Å²) in [5, 5.41) is 0.0574. The molecule has 0 bridgehead atoms. The predicted octanol–water partition coefficient (Wildman–Crippen LogP) is 3.49. The summed E-state index contributed by atoms with van der Waals surface area (Å²) in [6.45, 7) is 7.09. The first-order chi connectivity index (χ1) is 10.7. The van der Waals surface area contributed by atoms with E-state index in [0.717, 1.165) is 38.5 Å². The van der Waals surface area contributed by atoms with Gasteiger partial charge in [0, 0.05) is 38.9 Å². The highest BCUT2D eigenvalue weighted by atomic mass is 35.5. The number of alkyl halides is 1. The highest BCUT2D eigenvalue weighted by Gasteiger charge is 2.20. The SMILES string of the molecule is Cc1ccc(C(Cl)CN2CCN(c3ccccn3)CC2)cc1. The molecule has 22 heavy (non-hydrogen) atoms. The van der Waals surface area contributed by atoms with E-state index in [-0.39, 0.29) is 5.38 Å². The number of hydrogen-bond acceptors (Lipinski definition) is 3. The monoisotopic (exact) mass is 315 g/mol. The Bertz CT molecular complexity index is 577. The van der Waals surface area contributed by atoms with Gasteiger partial charge in [-0.1, -0.05) is 35.9 Å². The predicted molar refractivity (Wildman–Crippen MR) is 92.7 cm³/mol. The zero-order valence-corrected chi connectivity index (χ0v) is 13.7. The lowest BCUT2D eigenvalue weighted by atomic mass is 10.1. The van der Waals surface area contributed by atoms with Gasteiger partial charge in [0.2, 0.25) is 0 Å². The summed E-state index contributed by atoms with van der Waals surface area (Å²) < 4.78 is 0. The molecule has 1 unspecified atom stereocenters. The first-order valence-corrected chi connectivity index (χ1v) is 8.25. The van der Waals surface area contributed by atoms with Gasteiger partial charge in [-0.05, 0) is 24.6 Å². The van der Waals surface area contributed by atoms with Crippen LogP contribution in [-0.2, 0) is 0 Å². The van der Waals surface area contributed by atoms with E-state index in [2.05, 4.69) is 52.0 Å².